The van der Waals surface area contributed by atoms with Gasteiger partial charge < -0.3 is 0 Å². The van der Waals surface area contributed by atoms with Crippen LogP contribution >= 0.6 is 11.3 Å². The molecule has 0 N–H and O–H groups in total. The Morgan fingerprint density at radius 2 is 1.03 bits per heavy atom. The number of aromatic nitrogens is 1. The largest absolute Gasteiger partial charge is 0.256 e. The minimum Gasteiger partial charge on any atom is -0.256 e. The van der Waals surface area contributed by atoms with Crippen LogP contribution in [0.4, 0.5) is 0 Å². The Morgan fingerprint density at radius 1 is 0.452 bits per heavy atom. The lowest BCUT2D eigenvalue weighted by atomic mass is 10.0. The second kappa shape index (κ2) is 7.50. The zero-order valence-electron chi connectivity index (χ0n) is 16.8. The molecule has 4 aromatic carbocycles. The van der Waals surface area contributed by atoms with E-state index in [1.54, 1.807) is 0 Å². The molecule has 0 atom stereocenters. The van der Waals surface area contributed by atoms with Crippen LogP contribution in [0.3, 0.4) is 0 Å². The van der Waals surface area contributed by atoms with Gasteiger partial charge in [0.1, 0.15) is 0 Å². The van der Waals surface area contributed by atoms with Gasteiger partial charge in [0.25, 0.3) is 0 Å². The molecule has 0 unspecified atom stereocenters. The summed E-state index contributed by atoms with van der Waals surface area (Å²) >= 11 is 1.88. The van der Waals surface area contributed by atoms with E-state index in [2.05, 4.69) is 91.0 Å². The summed E-state index contributed by atoms with van der Waals surface area (Å²) in [6.07, 6.45) is 2.00. The van der Waals surface area contributed by atoms with E-state index in [0.717, 1.165) is 16.8 Å². The van der Waals surface area contributed by atoms with Gasteiger partial charge in [-0.25, -0.2) is 0 Å². The van der Waals surface area contributed by atoms with E-state index < -0.39 is 0 Å². The first-order valence-electron chi connectivity index (χ1n) is 10.4. The Labute approximate surface area is 185 Å². The normalized spacial score (nSPS) is 11.2. The number of hydrogen-bond acceptors (Lipinski definition) is 2. The predicted molar refractivity (Wildman–Crippen MR) is 133 cm³/mol. The first-order chi connectivity index (χ1) is 15.4. The van der Waals surface area contributed by atoms with Gasteiger partial charge >= 0.3 is 0 Å². The highest BCUT2D eigenvalue weighted by molar-refractivity contribution is 7.26. The molecule has 2 heteroatoms. The average Bonchev–Trinajstić information content (AvgIpc) is 3.24. The van der Waals surface area contributed by atoms with Gasteiger partial charge in [0.2, 0.25) is 0 Å². The van der Waals surface area contributed by atoms with Crippen molar-refractivity contribution in [3.05, 3.63) is 115 Å². The van der Waals surface area contributed by atoms with Crippen LogP contribution in [0.2, 0.25) is 0 Å². The van der Waals surface area contributed by atoms with Crippen molar-refractivity contribution in [2.75, 3.05) is 0 Å². The molecule has 2 aromatic heterocycles. The third-order valence-corrected chi connectivity index (χ3v) is 7.04. The van der Waals surface area contributed by atoms with Gasteiger partial charge in [-0.15, -0.1) is 11.3 Å². The Hall–Kier alpha value is -3.75. The molecule has 0 amide bonds. The maximum Gasteiger partial charge on any atom is 0.0702 e. The highest BCUT2D eigenvalue weighted by Gasteiger charge is 2.13. The molecule has 0 aliphatic rings. The fraction of sp³-hybridized carbons (Fsp3) is 0. The third-order valence-electron chi connectivity index (χ3n) is 5.75. The zero-order chi connectivity index (χ0) is 20.6. The molecule has 31 heavy (non-hydrogen) atoms. The molecule has 2 heterocycles. The van der Waals surface area contributed by atoms with E-state index in [1.807, 2.05) is 35.7 Å². The average molecular weight is 414 g/mol. The van der Waals surface area contributed by atoms with Crippen molar-refractivity contribution < 1.29 is 0 Å². The molecule has 0 fully saturated rings. The summed E-state index contributed by atoms with van der Waals surface area (Å²) < 4.78 is 2.65. The van der Waals surface area contributed by atoms with E-state index in [1.165, 1.54) is 36.9 Å². The van der Waals surface area contributed by atoms with Gasteiger partial charge in [-0.05, 0) is 17.2 Å². The molecule has 6 rings (SSSR count). The van der Waals surface area contributed by atoms with Crippen molar-refractivity contribution in [3.8, 4) is 33.5 Å². The number of pyridine rings is 1. The summed E-state index contributed by atoms with van der Waals surface area (Å²) in [7, 11) is 0. The molecule has 0 spiro atoms. The second-order valence-electron chi connectivity index (χ2n) is 7.63. The van der Waals surface area contributed by atoms with Crippen molar-refractivity contribution >= 4 is 31.5 Å². The van der Waals surface area contributed by atoms with Gasteiger partial charge in [-0.1, -0.05) is 103 Å². The van der Waals surface area contributed by atoms with E-state index in [4.69, 9.17) is 4.98 Å². The summed E-state index contributed by atoms with van der Waals surface area (Å²) in [6, 6.07) is 38.5. The number of rotatable bonds is 3. The van der Waals surface area contributed by atoms with Crippen LogP contribution in [-0.2, 0) is 0 Å². The topological polar surface area (TPSA) is 12.9 Å². The lowest BCUT2D eigenvalue weighted by molar-refractivity contribution is 1.33. The van der Waals surface area contributed by atoms with Crippen LogP contribution in [0.25, 0.3) is 53.7 Å². The van der Waals surface area contributed by atoms with Crippen LogP contribution in [0.1, 0.15) is 0 Å². The fourth-order valence-electron chi connectivity index (χ4n) is 4.23. The molecule has 0 aliphatic carbocycles. The fourth-order valence-corrected chi connectivity index (χ4v) is 5.60. The van der Waals surface area contributed by atoms with Gasteiger partial charge in [-0.3, -0.25) is 4.98 Å². The molecule has 6 aromatic rings. The quantitative estimate of drug-likeness (QED) is 0.283. The van der Waals surface area contributed by atoms with Gasteiger partial charge in [-0.2, -0.15) is 0 Å². The van der Waals surface area contributed by atoms with Crippen LogP contribution in [0.5, 0.6) is 0 Å². The van der Waals surface area contributed by atoms with Gasteiger partial charge in [0, 0.05) is 43.1 Å². The standard InChI is InChI=1S/C29H19NS/c1-3-9-20(10-4-1)23-13-7-15-25-26-16-8-14-24(29(26)31-28(23)25)22-17-18-27(30-19-22)21-11-5-2-6-12-21/h1-19H. The van der Waals surface area contributed by atoms with Crippen molar-refractivity contribution in [2.45, 2.75) is 0 Å². The number of hydrogen-bond donors (Lipinski definition) is 0. The lowest BCUT2D eigenvalue weighted by Crippen LogP contribution is -1.85. The first-order valence-corrected chi connectivity index (χ1v) is 11.2. The van der Waals surface area contributed by atoms with Crippen LogP contribution in [0.15, 0.2) is 115 Å². The molecular weight excluding hydrogens is 394 g/mol. The van der Waals surface area contributed by atoms with E-state index >= 15 is 0 Å². The maximum atomic E-state index is 4.76. The van der Waals surface area contributed by atoms with Crippen molar-refractivity contribution in [2.24, 2.45) is 0 Å². The van der Waals surface area contributed by atoms with E-state index in [9.17, 15) is 0 Å². The van der Waals surface area contributed by atoms with Gasteiger partial charge in [0.15, 0.2) is 0 Å². The van der Waals surface area contributed by atoms with Crippen molar-refractivity contribution in [1.29, 1.82) is 0 Å². The highest BCUT2D eigenvalue weighted by atomic mass is 32.1. The highest BCUT2D eigenvalue weighted by Crippen LogP contribution is 2.43. The van der Waals surface area contributed by atoms with Crippen LogP contribution in [0, 0.1) is 0 Å². The third kappa shape index (κ3) is 3.13. The van der Waals surface area contributed by atoms with E-state index in [0.29, 0.717) is 0 Å². The number of benzene rings is 4. The molecule has 0 bridgehead atoms. The molecular formula is C29H19NS. The Balaban J connectivity index is 1.52. The number of fused-ring (bicyclic) bond motifs is 3. The minimum atomic E-state index is 0.999. The molecule has 0 saturated carbocycles. The van der Waals surface area contributed by atoms with E-state index in [-0.39, 0.29) is 0 Å². The van der Waals surface area contributed by atoms with Crippen molar-refractivity contribution in [1.82, 2.24) is 4.98 Å². The monoisotopic (exact) mass is 413 g/mol. The van der Waals surface area contributed by atoms with Crippen LogP contribution in [-0.4, -0.2) is 4.98 Å². The summed E-state index contributed by atoms with van der Waals surface area (Å²) in [4.78, 5) is 4.76. The molecule has 0 aliphatic heterocycles. The van der Waals surface area contributed by atoms with Crippen LogP contribution < -0.4 is 0 Å². The second-order valence-corrected chi connectivity index (χ2v) is 8.65. The molecule has 0 radical (unpaired) electrons. The zero-order valence-corrected chi connectivity index (χ0v) is 17.6. The Bertz CT molecular complexity index is 1500. The first kappa shape index (κ1) is 18.1. The maximum absolute atomic E-state index is 4.76. The molecule has 1 nitrogen and oxygen atoms in total. The Kier molecular flexibility index (Phi) is 4.37. The smallest absolute Gasteiger partial charge is 0.0702 e. The molecule has 146 valence electrons. The summed E-state index contributed by atoms with van der Waals surface area (Å²) in [5, 5.41) is 2.62. The predicted octanol–water partition coefficient (Wildman–Crippen LogP) is 8.45. The minimum absolute atomic E-state index is 0.999. The summed E-state index contributed by atoms with van der Waals surface area (Å²) in [5.74, 6) is 0. The van der Waals surface area contributed by atoms with Crippen molar-refractivity contribution in [3.63, 3.8) is 0 Å². The molecule has 0 saturated heterocycles. The van der Waals surface area contributed by atoms with Gasteiger partial charge in [0.05, 0.1) is 5.69 Å². The Morgan fingerprint density at radius 3 is 1.61 bits per heavy atom. The lowest BCUT2D eigenvalue weighted by Gasteiger charge is -2.05. The summed E-state index contributed by atoms with van der Waals surface area (Å²) in [6.45, 7) is 0. The summed E-state index contributed by atoms with van der Waals surface area (Å²) in [5.41, 5.74) is 7.08. The number of thiophene rings is 1. The number of nitrogens with zero attached hydrogens (tertiary/aromatic N) is 1. The SMILES string of the molecule is c1ccc(-c2ccc(-c3cccc4c3sc3c(-c5ccccc5)cccc34)cn2)cc1.